The van der Waals surface area contributed by atoms with Crippen molar-refractivity contribution in [3.05, 3.63) is 22.7 Å². The van der Waals surface area contributed by atoms with E-state index in [9.17, 15) is 0 Å². The van der Waals surface area contributed by atoms with Gasteiger partial charge in [-0.15, -0.1) is 0 Å². The Morgan fingerprint density at radius 3 is 2.18 bits per heavy atom. The van der Waals surface area contributed by atoms with Gasteiger partial charge in [0.2, 0.25) is 0 Å². The summed E-state index contributed by atoms with van der Waals surface area (Å²) in [5.41, 5.74) is 6.84. The molecule has 2 N–H and O–H groups in total. The van der Waals surface area contributed by atoms with Crippen molar-refractivity contribution < 1.29 is 9.31 Å². The molecule has 1 aliphatic rings. The molecule has 1 aromatic rings. The zero-order chi connectivity index (χ0) is 12.8. The summed E-state index contributed by atoms with van der Waals surface area (Å²) in [5.74, 6) is 0. The third kappa shape index (κ3) is 2.24. The molecule has 0 radical (unpaired) electrons. The van der Waals surface area contributed by atoms with Crippen LogP contribution in [0.4, 0.5) is 5.69 Å². The highest BCUT2D eigenvalue weighted by atomic mass is 79.9. The van der Waals surface area contributed by atoms with Gasteiger partial charge >= 0.3 is 7.12 Å². The Morgan fingerprint density at radius 1 is 1.12 bits per heavy atom. The van der Waals surface area contributed by atoms with Gasteiger partial charge in [0, 0.05) is 15.6 Å². The molecule has 0 spiro atoms. The van der Waals surface area contributed by atoms with Gasteiger partial charge in [0.05, 0.1) is 11.2 Å². The van der Waals surface area contributed by atoms with E-state index >= 15 is 0 Å². The topological polar surface area (TPSA) is 44.5 Å². The maximum atomic E-state index is 5.97. The van der Waals surface area contributed by atoms with Crippen molar-refractivity contribution in [2.75, 3.05) is 5.73 Å². The van der Waals surface area contributed by atoms with Crippen LogP contribution < -0.4 is 11.2 Å². The second-order valence-electron chi connectivity index (χ2n) is 5.36. The molecule has 0 bridgehead atoms. The molecule has 2 rings (SSSR count). The molecule has 17 heavy (non-hydrogen) atoms. The molecule has 1 aromatic carbocycles. The predicted molar refractivity (Wildman–Crippen MR) is 74.3 cm³/mol. The predicted octanol–water partition coefficient (Wildman–Crippen LogP) is 2.33. The number of nitrogens with two attached hydrogens (primary N) is 1. The lowest BCUT2D eigenvalue weighted by atomic mass is 9.78. The van der Waals surface area contributed by atoms with E-state index < -0.39 is 7.12 Å². The summed E-state index contributed by atoms with van der Waals surface area (Å²) in [4.78, 5) is 0. The first-order valence-corrected chi connectivity index (χ1v) is 6.43. The largest absolute Gasteiger partial charge is 0.496 e. The van der Waals surface area contributed by atoms with Crippen LogP contribution in [0.1, 0.15) is 27.7 Å². The Balaban J connectivity index is 2.35. The fraction of sp³-hybridized carbons (Fsp3) is 0.500. The number of nitrogen functional groups attached to an aromatic ring is 1. The normalized spacial score (nSPS) is 21.8. The smallest absolute Gasteiger partial charge is 0.399 e. The molecule has 0 aliphatic carbocycles. The highest BCUT2D eigenvalue weighted by Gasteiger charge is 2.52. The first-order valence-electron chi connectivity index (χ1n) is 5.63. The highest BCUT2D eigenvalue weighted by molar-refractivity contribution is 9.10. The molecule has 0 aromatic heterocycles. The fourth-order valence-corrected chi connectivity index (χ4v) is 2.10. The van der Waals surface area contributed by atoms with Gasteiger partial charge < -0.3 is 15.0 Å². The summed E-state index contributed by atoms with van der Waals surface area (Å²) in [6.07, 6.45) is 0. The molecule has 3 nitrogen and oxygen atoms in total. The summed E-state index contributed by atoms with van der Waals surface area (Å²) in [5, 5.41) is 0. The fourth-order valence-electron chi connectivity index (χ4n) is 1.72. The molecule has 1 heterocycles. The first-order chi connectivity index (χ1) is 7.73. The van der Waals surface area contributed by atoms with Crippen molar-refractivity contribution in [3.8, 4) is 0 Å². The molecule has 92 valence electrons. The van der Waals surface area contributed by atoms with Crippen molar-refractivity contribution in [1.29, 1.82) is 0 Å². The molecular weight excluding hydrogens is 281 g/mol. The van der Waals surface area contributed by atoms with Crippen LogP contribution >= 0.6 is 15.9 Å². The minimum absolute atomic E-state index is 0.341. The summed E-state index contributed by atoms with van der Waals surface area (Å²) < 4.78 is 12.9. The molecular formula is C12H17BBrNO2. The van der Waals surface area contributed by atoms with Crippen LogP contribution in [0.3, 0.4) is 0 Å². The molecule has 1 saturated heterocycles. The number of anilines is 1. The third-order valence-electron chi connectivity index (χ3n) is 3.56. The van der Waals surface area contributed by atoms with E-state index in [2.05, 4.69) is 15.9 Å². The second kappa shape index (κ2) is 4.00. The standard InChI is InChI=1S/C12H17BBrNO2/c1-11(2)12(3,4)17-13(16-11)9-7-8(14)5-6-10(9)15/h5-7H,15H2,1-4H3. The van der Waals surface area contributed by atoms with Crippen LogP contribution in [-0.4, -0.2) is 18.3 Å². The summed E-state index contributed by atoms with van der Waals surface area (Å²) in [6, 6.07) is 5.70. The zero-order valence-electron chi connectivity index (χ0n) is 10.6. The number of benzene rings is 1. The van der Waals surface area contributed by atoms with Gasteiger partial charge in [0.15, 0.2) is 0 Å². The van der Waals surface area contributed by atoms with E-state index in [0.717, 1.165) is 9.94 Å². The van der Waals surface area contributed by atoms with E-state index in [4.69, 9.17) is 15.0 Å². The Hall–Kier alpha value is -0.515. The zero-order valence-corrected chi connectivity index (χ0v) is 12.2. The van der Waals surface area contributed by atoms with Crippen LogP contribution in [0.5, 0.6) is 0 Å². The Labute approximate surface area is 111 Å². The van der Waals surface area contributed by atoms with E-state index in [1.54, 1.807) is 0 Å². The minimum atomic E-state index is -0.405. The van der Waals surface area contributed by atoms with Crippen LogP contribution in [0, 0.1) is 0 Å². The van der Waals surface area contributed by atoms with E-state index in [1.807, 2.05) is 45.9 Å². The number of hydrogen-bond donors (Lipinski definition) is 1. The van der Waals surface area contributed by atoms with E-state index in [0.29, 0.717) is 5.69 Å². The third-order valence-corrected chi connectivity index (χ3v) is 4.05. The van der Waals surface area contributed by atoms with Gasteiger partial charge in [-0.2, -0.15) is 0 Å². The highest BCUT2D eigenvalue weighted by Crippen LogP contribution is 2.37. The van der Waals surface area contributed by atoms with E-state index in [-0.39, 0.29) is 11.2 Å². The van der Waals surface area contributed by atoms with Crippen molar-refractivity contribution in [2.45, 2.75) is 38.9 Å². The lowest BCUT2D eigenvalue weighted by molar-refractivity contribution is 0.00578. The molecule has 5 heteroatoms. The number of rotatable bonds is 1. The molecule has 1 fully saturated rings. The van der Waals surface area contributed by atoms with Crippen molar-refractivity contribution >= 4 is 34.2 Å². The van der Waals surface area contributed by atoms with Crippen molar-refractivity contribution in [1.82, 2.24) is 0 Å². The minimum Gasteiger partial charge on any atom is -0.399 e. The Kier molecular flexibility index (Phi) is 3.05. The molecule has 0 amide bonds. The van der Waals surface area contributed by atoms with Gasteiger partial charge in [0.1, 0.15) is 0 Å². The SMILES string of the molecule is CC1(C)OB(c2cc(Br)ccc2N)OC1(C)C. The average molecular weight is 298 g/mol. The summed E-state index contributed by atoms with van der Waals surface area (Å²) in [6.45, 7) is 8.12. The van der Waals surface area contributed by atoms with Gasteiger partial charge in [-0.25, -0.2) is 0 Å². The Bertz CT molecular complexity index is 432. The van der Waals surface area contributed by atoms with Crippen LogP contribution in [0.2, 0.25) is 0 Å². The average Bonchev–Trinajstić information content (AvgIpc) is 2.40. The van der Waals surface area contributed by atoms with Crippen LogP contribution in [0.25, 0.3) is 0 Å². The van der Waals surface area contributed by atoms with Crippen LogP contribution in [0.15, 0.2) is 22.7 Å². The lowest BCUT2D eigenvalue weighted by Crippen LogP contribution is -2.41. The summed E-state index contributed by atoms with van der Waals surface area (Å²) >= 11 is 3.43. The van der Waals surface area contributed by atoms with Gasteiger partial charge in [-0.1, -0.05) is 15.9 Å². The number of halogens is 1. The maximum Gasteiger partial charge on any atom is 0.496 e. The van der Waals surface area contributed by atoms with Crippen molar-refractivity contribution in [3.63, 3.8) is 0 Å². The molecule has 0 unspecified atom stereocenters. The molecule has 1 aliphatic heterocycles. The molecule has 0 saturated carbocycles. The maximum absolute atomic E-state index is 5.97. The van der Waals surface area contributed by atoms with Crippen LogP contribution in [-0.2, 0) is 9.31 Å². The van der Waals surface area contributed by atoms with E-state index in [1.165, 1.54) is 0 Å². The Morgan fingerprint density at radius 2 is 1.65 bits per heavy atom. The van der Waals surface area contributed by atoms with Gasteiger partial charge in [-0.3, -0.25) is 0 Å². The van der Waals surface area contributed by atoms with Gasteiger partial charge in [-0.05, 0) is 45.9 Å². The monoisotopic (exact) mass is 297 g/mol. The molecule has 0 atom stereocenters. The number of hydrogen-bond acceptors (Lipinski definition) is 3. The quantitative estimate of drug-likeness (QED) is 0.639. The van der Waals surface area contributed by atoms with Gasteiger partial charge in [0.25, 0.3) is 0 Å². The summed E-state index contributed by atoms with van der Waals surface area (Å²) in [7, 11) is -0.405. The first kappa shape index (κ1) is 12.9. The van der Waals surface area contributed by atoms with Crippen molar-refractivity contribution in [2.24, 2.45) is 0 Å². The second-order valence-corrected chi connectivity index (χ2v) is 6.28. The lowest BCUT2D eigenvalue weighted by Gasteiger charge is -2.32.